The second-order valence-electron chi connectivity index (χ2n) is 6.95. The van der Waals surface area contributed by atoms with Crippen molar-refractivity contribution >= 4 is 5.91 Å². The zero-order chi connectivity index (χ0) is 18.6. The summed E-state index contributed by atoms with van der Waals surface area (Å²) in [6, 6.07) is 7.39. The minimum atomic E-state index is -0.626. The van der Waals surface area contributed by atoms with Crippen LogP contribution >= 0.6 is 0 Å². The van der Waals surface area contributed by atoms with E-state index in [0.29, 0.717) is 30.5 Å². The SMILES string of the molecule is Cc1cnc(C2CCOCC2)n1CCNC(=O)C1COc2ccccc2O1. The Hall–Kier alpha value is -2.54. The molecule has 7 nitrogen and oxygen atoms in total. The summed E-state index contributed by atoms with van der Waals surface area (Å²) in [6.45, 7) is 5.05. The van der Waals surface area contributed by atoms with E-state index in [1.807, 2.05) is 37.4 Å². The molecule has 2 aliphatic heterocycles. The molecule has 2 aliphatic rings. The number of aromatic nitrogens is 2. The van der Waals surface area contributed by atoms with Gasteiger partial charge in [-0.25, -0.2) is 4.98 Å². The van der Waals surface area contributed by atoms with Gasteiger partial charge in [0.2, 0.25) is 6.10 Å². The predicted octanol–water partition coefficient (Wildman–Crippen LogP) is 2.04. The summed E-state index contributed by atoms with van der Waals surface area (Å²) in [5, 5.41) is 2.96. The largest absolute Gasteiger partial charge is 0.485 e. The molecule has 7 heteroatoms. The number of rotatable bonds is 5. The van der Waals surface area contributed by atoms with E-state index in [2.05, 4.69) is 14.9 Å². The summed E-state index contributed by atoms with van der Waals surface area (Å²) >= 11 is 0. The fraction of sp³-hybridized carbons (Fsp3) is 0.500. The van der Waals surface area contributed by atoms with Crippen LogP contribution in [0.3, 0.4) is 0 Å². The highest BCUT2D eigenvalue weighted by Crippen LogP contribution is 2.31. The molecule has 0 spiro atoms. The Labute approximate surface area is 158 Å². The van der Waals surface area contributed by atoms with Crippen molar-refractivity contribution in [1.29, 1.82) is 0 Å². The van der Waals surface area contributed by atoms with Crippen molar-refractivity contribution in [3.63, 3.8) is 0 Å². The quantitative estimate of drug-likeness (QED) is 0.871. The van der Waals surface area contributed by atoms with Crippen LogP contribution in [0.1, 0.15) is 30.3 Å². The normalized spacial score (nSPS) is 19.7. The highest BCUT2D eigenvalue weighted by Gasteiger charge is 2.27. The number of para-hydroxylation sites is 2. The van der Waals surface area contributed by atoms with Gasteiger partial charge in [-0.1, -0.05) is 12.1 Å². The molecule has 2 aromatic rings. The fourth-order valence-electron chi connectivity index (χ4n) is 3.61. The predicted molar refractivity (Wildman–Crippen MR) is 99.1 cm³/mol. The molecule has 1 unspecified atom stereocenters. The number of aryl methyl sites for hydroxylation is 1. The van der Waals surface area contributed by atoms with E-state index < -0.39 is 6.10 Å². The minimum absolute atomic E-state index is 0.158. The molecule has 1 fully saturated rings. The maximum Gasteiger partial charge on any atom is 0.264 e. The van der Waals surface area contributed by atoms with E-state index in [0.717, 1.165) is 37.6 Å². The molecule has 3 heterocycles. The standard InChI is InChI=1S/C20H25N3O4/c1-14-12-22-19(15-6-10-25-11-7-15)23(14)9-8-21-20(24)18-13-26-16-4-2-3-5-17(16)27-18/h2-5,12,15,18H,6-11,13H2,1H3,(H,21,24). The highest BCUT2D eigenvalue weighted by atomic mass is 16.6. The minimum Gasteiger partial charge on any atom is -0.485 e. The molecule has 1 saturated heterocycles. The van der Waals surface area contributed by atoms with Crippen molar-refractivity contribution in [1.82, 2.24) is 14.9 Å². The van der Waals surface area contributed by atoms with Gasteiger partial charge in [0, 0.05) is 44.1 Å². The average molecular weight is 371 g/mol. The van der Waals surface area contributed by atoms with Gasteiger partial charge in [-0.05, 0) is 31.9 Å². The zero-order valence-electron chi connectivity index (χ0n) is 15.5. The van der Waals surface area contributed by atoms with Crippen LogP contribution in [0.4, 0.5) is 0 Å². The van der Waals surface area contributed by atoms with E-state index in [1.165, 1.54) is 0 Å². The smallest absolute Gasteiger partial charge is 0.264 e. The molecule has 4 rings (SSSR count). The average Bonchev–Trinajstić information content (AvgIpc) is 3.08. The number of hydrogen-bond acceptors (Lipinski definition) is 5. The third-order valence-electron chi connectivity index (χ3n) is 5.11. The Balaban J connectivity index is 1.32. The number of benzene rings is 1. The van der Waals surface area contributed by atoms with Gasteiger partial charge in [0.25, 0.3) is 5.91 Å². The maximum atomic E-state index is 12.5. The van der Waals surface area contributed by atoms with Crippen molar-refractivity contribution in [2.45, 2.75) is 38.3 Å². The first-order valence-corrected chi connectivity index (χ1v) is 9.48. The van der Waals surface area contributed by atoms with Gasteiger partial charge in [-0.2, -0.15) is 0 Å². The first kappa shape index (κ1) is 17.9. The van der Waals surface area contributed by atoms with Crippen LogP contribution in [0.5, 0.6) is 11.5 Å². The molecular formula is C20H25N3O4. The van der Waals surface area contributed by atoms with Crippen LogP contribution in [-0.2, 0) is 16.1 Å². The number of carbonyl (C=O) groups excluding carboxylic acids is 1. The number of hydrogen-bond donors (Lipinski definition) is 1. The number of fused-ring (bicyclic) bond motifs is 1. The van der Waals surface area contributed by atoms with Crippen LogP contribution in [0, 0.1) is 6.92 Å². The van der Waals surface area contributed by atoms with Gasteiger partial charge in [0.1, 0.15) is 12.4 Å². The summed E-state index contributed by atoms with van der Waals surface area (Å²) in [4.78, 5) is 17.1. The Morgan fingerprint density at radius 2 is 2.04 bits per heavy atom. The van der Waals surface area contributed by atoms with Gasteiger partial charge < -0.3 is 24.1 Å². The van der Waals surface area contributed by atoms with E-state index in [1.54, 1.807) is 0 Å². The molecule has 0 radical (unpaired) electrons. The van der Waals surface area contributed by atoms with Crippen molar-refractivity contribution in [2.24, 2.45) is 0 Å². The van der Waals surface area contributed by atoms with Gasteiger partial charge in [0.05, 0.1) is 0 Å². The summed E-state index contributed by atoms with van der Waals surface area (Å²) in [5.74, 6) is 2.65. The summed E-state index contributed by atoms with van der Waals surface area (Å²) in [6.07, 6.45) is 3.27. The van der Waals surface area contributed by atoms with E-state index in [-0.39, 0.29) is 12.5 Å². The number of ether oxygens (including phenoxy) is 3. The lowest BCUT2D eigenvalue weighted by molar-refractivity contribution is -0.130. The first-order valence-electron chi connectivity index (χ1n) is 9.48. The first-order chi connectivity index (χ1) is 13.2. The van der Waals surface area contributed by atoms with Crippen molar-refractivity contribution in [2.75, 3.05) is 26.4 Å². The van der Waals surface area contributed by atoms with Crippen LogP contribution < -0.4 is 14.8 Å². The summed E-state index contributed by atoms with van der Waals surface area (Å²) in [7, 11) is 0. The molecule has 1 amide bonds. The number of nitrogens with zero attached hydrogens (tertiary/aromatic N) is 2. The van der Waals surface area contributed by atoms with Gasteiger partial charge in [0.15, 0.2) is 11.5 Å². The van der Waals surface area contributed by atoms with E-state index in [4.69, 9.17) is 14.2 Å². The third kappa shape index (κ3) is 3.93. The monoisotopic (exact) mass is 371 g/mol. The van der Waals surface area contributed by atoms with E-state index in [9.17, 15) is 4.79 Å². The Morgan fingerprint density at radius 3 is 2.85 bits per heavy atom. The van der Waals surface area contributed by atoms with Gasteiger partial charge in [-0.3, -0.25) is 4.79 Å². The van der Waals surface area contributed by atoms with Crippen molar-refractivity contribution in [3.8, 4) is 11.5 Å². The van der Waals surface area contributed by atoms with Crippen molar-refractivity contribution in [3.05, 3.63) is 42.0 Å². The number of imidazole rings is 1. The number of nitrogens with one attached hydrogen (secondary N) is 1. The Kier molecular flexibility index (Phi) is 5.29. The fourth-order valence-corrected chi connectivity index (χ4v) is 3.61. The Morgan fingerprint density at radius 1 is 1.26 bits per heavy atom. The number of amides is 1. The van der Waals surface area contributed by atoms with Crippen molar-refractivity contribution < 1.29 is 19.0 Å². The molecule has 1 aromatic carbocycles. The van der Waals surface area contributed by atoms with E-state index >= 15 is 0 Å². The van der Waals surface area contributed by atoms with Gasteiger partial charge >= 0.3 is 0 Å². The highest BCUT2D eigenvalue weighted by molar-refractivity contribution is 5.81. The lowest BCUT2D eigenvalue weighted by Crippen LogP contribution is -2.44. The molecule has 27 heavy (non-hydrogen) atoms. The van der Waals surface area contributed by atoms with Crippen LogP contribution in [0.25, 0.3) is 0 Å². The van der Waals surface area contributed by atoms with Crippen LogP contribution in [0.15, 0.2) is 30.5 Å². The number of carbonyl (C=O) groups is 1. The third-order valence-corrected chi connectivity index (χ3v) is 5.11. The zero-order valence-corrected chi connectivity index (χ0v) is 15.5. The molecular weight excluding hydrogens is 346 g/mol. The van der Waals surface area contributed by atoms with Crippen LogP contribution in [-0.4, -0.2) is 47.9 Å². The summed E-state index contributed by atoms with van der Waals surface area (Å²) in [5.41, 5.74) is 1.11. The molecule has 0 aliphatic carbocycles. The second kappa shape index (κ2) is 8.00. The Bertz CT molecular complexity index is 798. The summed E-state index contributed by atoms with van der Waals surface area (Å²) < 4.78 is 19.0. The van der Waals surface area contributed by atoms with Gasteiger partial charge in [-0.15, -0.1) is 0 Å². The lowest BCUT2D eigenvalue weighted by Gasteiger charge is -2.26. The molecule has 1 aromatic heterocycles. The molecule has 1 N–H and O–H groups in total. The molecule has 1 atom stereocenters. The maximum absolute atomic E-state index is 12.5. The van der Waals surface area contributed by atoms with Crippen LogP contribution in [0.2, 0.25) is 0 Å². The molecule has 0 bridgehead atoms. The topological polar surface area (TPSA) is 74.6 Å². The molecule has 144 valence electrons. The second-order valence-corrected chi connectivity index (χ2v) is 6.95. The molecule has 0 saturated carbocycles. The lowest BCUT2D eigenvalue weighted by atomic mass is 9.99.